The van der Waals surface area contributed by atoms with Crippen LogP contribution in [-0.4, -0.2) is 38.7 Å². The summed E-state index contributed by atoms with van der Waals surface area (Å²) in [7, 11) is -2.57. The summed E-state index contributed by atoms with van der Waals surface area (Å²) < 4.78 is 43.5. The fraction of sp³-hybridized carbons (Fsp3) is 0.235. The zero-order chi connectivity index (χ0) is 21.1. The molecule has 2 aromatic rings. The molecule has 1 atom stereocenters. The highest BCUT2D eigenvalue weighted by Crippen LogP contribution is 2.30. The number of benzene rings is 2. The number of nitro groups is 1. The van der Waals surface area contributed by atoms with Crippen molar-refractivity contribution in [1.82, 2.24) is 0 Å². The van der Waals surface area contributed by atoms with Gasteiger partial charge in [0.1, 0.15) is 17.6 Å². The van der Waals surface area contributed by atoms with Gasteiger partial charge in [0.05, 0.1) is 29.7 Å². The molecule has 2 aromatic carbocycles. The molecular weight excluding hydrogens is 393 g/mol. The maximum absolute atomic E-state index is 13.2. The van der Waals surface area contributed by atoms with Crippen LogP contribution in [0.4, 0.5) is 21.5 Å². The lowest BCUT2D eigenvalue weighted by Crippen LogP contribution is -2.45. The van der Waals surface area contributed by atoms with Crippen molar-refractivity contribution in [2.75, 3.05) is 23.0 Å². The minimum Gasteiger partial charge on any atom is -0.495 e. The van der Waals surface area contributed by atoms with Gasteiger partial charge in [-0.15, -0.1) is 0 Å². The molecule has 0 aliphatic rings. The van der Waals surface area contributed by atoms with E-state index in [1.54, 1.807) is 0 Å². The number of anilines is 2. The monoisotopic (exact) mass is 411 g/mol. The Kier molecular flexibility index (Phi) is 6.19. The van der Waals surface area contributed by atoms with Crippen LogP contribution in [0.15, 0.2) is 42.5 Å². The first-order valence-corrected chi connectivity index (χ1v) is 9.77. The fourth-order valence-corrected chi connectivity index (χ4v) is 3.72. The first kappa shape index (κ1) is 21.1. The molecular formula is C17H18FN3O6S. The zero-order valence-electron chi connectivity index (χ0n) is 15.2. The number of carbonyl (C=O) groups excluding carboxylic acids is 1. The average molecular weight is 411 g/mol. The van der Waals surface area contributed by atoms with Gasteiger partial charge in [0.2, 0.25) is 15.9 Å². The van der Waals surface area contributed by atoms with Gasteiger partial charge < -0.3 is 10.1 Å². The second-order valence-corrected chi connectivity index (χ2v) is 7.70. The number of rotatable bonds is 7. The maximum atomic E-state index is 13.2. The van der Waals surface area contributed by atoms with Gasteiger partial charge in [0.25, 0.3) is 5.69 Å². The quantitative estimate of drug-likeness (QED) is 0.552. The highest BCUT2D eigenvalue weighted by atomic mass is 32.2. The lowest BCUT2D eigenvalue weighted by molar-refractivity contribution is -0.384. The second kappa shape index (κ2) is 8.21. The molecule has 2 rings (SSSR count). The second-order valence-electron chi connectivity index (χ2n) is 5.84. The molecule has 0 saturated carbocycles. The summed E-state index contributed by atoms with van der Waals surface area (Å²) in [5, 5.41) is 13.4. The van der Waals surface area contributed by atoms with Crippen LogP contribution in [0.25, 0.3) is 0 Å². The van der Waals surface area contributed by atoms with Crippen LogP contribution in [0.1, 0.15) is 6.92 Å². The molecule has 0 radical (unpaired) electrons. The van der Waals surface area contributed by atoms with Crippen LogP contribution in [0.3, 0.4) is 0 Å². The van der Waals surface area contributed by atoms with Crippen molar-refractivity contribution in [3.05, 3.63) is 58.4 Å². The van der Waals surface area contributed by atoms with E-state index in [-0.39, 0.29) is 22.8 Å². The number of carbonyl (C=O) groups is 1. The average Bonchev–Trinajstić information content (AvgIpc) is 2.62. The Labute approximate surface area is 160 Å². The first-order chi connectivity index (χ1) is 13.0. The summed E-state index contributed by atoms with van der Waals surface area (Å²) in [5.41, 5.74) is -0.166. The van der Waals surface area contributed by atoms with Gasteiger partial charge >= 0.3 is 0 Å². The molecule has 9 nitrogen and oxygen atoms in total. The van der Waals surface area contributed by atoms with Crippen LogP contribution < -0.4 is 14.4 Å². The number of amides is 1. The van der Waals surface area contributed by atoms with E-state index >= 15 is 0 Å². The molecule has 0 aromatic heterocycles. The van der Waals surface area contributed by atoms with Gasteiger partial charge in [-0.25, -0.2) is 12.8 Å². The molecule has 0 fully saturated rings. The van der Waals surface area contributed by atoms with Crippen molar-refractivity contribution in [2.24, 2.45) is 0 Å². The van der Waals surface area contributed by atoms with Crippen LogP contribution in [0, 0.1) is 15.9 Å². The Morgan fingerprint density at radius 1 is 1.25 bits per heavy atom. The van der Waals surface area contributed by atoms with Crippen LogP contribution in [0.2, 0.25) is 0 Å². The molecule has 1 N–H and O–H groups in total. The van der Waals surface area contributed by atoms with Crippen LogP contribution >= 0.6 is 0 Å². The fourth-order valence-electron chi connectivity index (χ4n) is 2.54. The van der Waals surface area contributed by atoms with E-state index in [1.165, 1.54) is 38.3 Å². The number of nitro benzene ring substituents is 1. The molecule has 0 bridgehead atoms. The molecule has 150 valence electrons. The number of methoxy groups -OCH3 is 1. The summed E-state index contributed by atoms with van der Waals surface area (Å²) in [4.78, 5) is 23.0. The van der Waals surface area contributed by atoms with Gasteiger partial charge in [0.15, 0.2) is 0 Å². The van der Waals surface area contributed by atoms with E-state index in [2.05, 4.69) is 5.32 Å². The lowest BCUT2D eigenvalue weighted by atomic mass is 10.2. The Bertz CT molecular complexity index is 994. The Morgan fingerprint density at radius 2 is 1.86 bits per heavy atom. The number of non-ortho nitro benzene ring substituents is 1. The van der Waals surface area contributed by atoms with Crippen molar-refractivity contribution in [1.29, 1.82) is 0 Å². The Morgan fingerprint density at radius 3 is 2.36 bits per heavy atom. The van der Waals surface area contributed by atoms with E-state index in [9.17, 15) is 27.7 Å². The Hall–Kier alpha value is -3.21. The molecule has 11 heteroatoms. The van der Waals surface area contributed by atoms with Gasteiger partial charge in [-0.1, -0.05) is 0 Å². The predicted octanol–water partition coefficient (Wildman–Crippen LogP) is 2.54. The topological polar surface area (TPSA) is 119 Å². The third-order valence-electron chi connectivity index (χ3n) is 3.82. The molecule has 0 aliphatic carbocycles. The summed E-state index contributed by atoms with van der Waals surface area (Å²) in [6, 6.07) is 6.99. The van der Waals surface area contributed by atoms with Gasteiger partial charge in [0, 0.05) is 12.1 Å². The van der Waals surface area contributed by atoms with E-state index in [4.69, 9.17) is 4.74 Å². The molecule has 0 saturated heterocycles. The van der Waals surface area contributed by atoms with Gasteiger partial charge in [-0.05, 0) is 37.3 Å². The number of halogens is 1. The summed E-state index contributed by atoms with van der Waals surface area (Å²) >= 11 is 0. The number of sulfonamides is 1. The van der Waals surface area contributed by atoms with E-state index < -0.39 is 32.7 Å². The van der Waals surface area contributed by atoms with Crippen molar-refractivity contribution < 1.29 is 27.3 Å². The predicted molar refractivity (Wildman–Crippen MR) is 101 cm³/mol. The minimum absolute atomic E-state index is 0.0149. The Balaban J connectivity index is 2.37. The van der Waals surface area contributed by atoms with Crippen molar-refractivity contribution in [3.8, 4) is 5.75 Å². The normalized spacial score (nSPS) is 12.1. The van der Waals surface area contributed by atoms with Crippen LogP contribution in [0.5, 0.6) is 5.75 Å². The zero-order valence-corrected chi connectivity index (χ0v) is 16.1. The third-order valence-corrected chi connectivity index (χ3v) is 5.06. The van der Waals surface area contributed by atoms with E-state index in [0.717, 1.165) is 28.8 Å². The number of nitrogens with zero attached hydrogens (tertiary/aromatic N) is 2. The summed E-state index contributed by atoms with van der Waals surface area (Å²) in [6.07, 6.45) is 0.911. The molecule has 28 heavy (non-hydrogen) atoms. The minimum atomic E-state index is -3.89. The van der Waals surface area contributed by atoms with E-state index in [1.807, 2.05) is 0 Å². The molecule has 1 unspecified atom stereocenters. The molecule has 0 aliphatic heterocycles. The van der Waals surface area contributed by atoms with Crippen LogP contribution in [-0.2, 0) is 14.8 Å². The largest absolute Gasteiger partial charge is 0.495 e. The number of nitrogens with one attached hydrogen (secondary N) is 1. The van der Waals surface area contributed by atoms with Crippen molar-refractivity contribution in [2.45, 2.75) is 13.0 Å². The molecule has 1 amide bonds. The number of hydrogen-bond acceptors (Lipinski definition) is 6. The number of hydrogen-bond donors (Lipinski definition) is 1. The van der Waals surface area contributed by atoms with Crippen molar-refractivity contribution >= 4 is 33.0 Å². The summed E-state index contributed by atoms with van der Waals surface area (Å²) in [6.45, 7) is 1.34. The lowest BCUT2D eigenvalue weighted by Gasteiger charge is -2.28. The smallest absolute Gasteiger partial charge is 0.271 e. The first-order valence-electron chi connectivity index (χ1n) is 7.93. The standard InChI is InChI=1S/C17H18FN3O6S/c1-11(20(28(3,25)26)13-6-4-12(18)5-7-13)17(22)19-15-10-14(21(23)24)8-9-16(15)27-2/h4-11H,1-3H3,(H,19,22). The number of ether oxygens (including phenoxy) is 1. The highest BCUT2D eigenvalue weighted by Gasteiger charge is 2.30. The van der Waals surface area contributed by atoms with Gasteiger partial charge in [-0.2, -0.15) is 0 Å². The SMILES string of the molecule is COc1ccc([N+](=O)[O-])cc1NC(=O)C(C)N(c1ccc(F)cc1)S(C)(=O)=O. The van der Waals surface area contributed by atoms with E-state index in [0.29, 0.717) is 0 Å². The summed E-state index contributed by atoms with van der Waals surface area (Å²) in [5.74, 6) is -1.15. The maximum Gasteiger partial charge on any atom is 0.271 e. The molecule has 0 heterocycles. The molecule has 0 spiro atoms. The third kappa shape index (κ3) is 4.74. The highest BCUT2D eigenvalue weighted by molar-refractivity contribution is 7.92. The van der Waals surface area contributed by atoms with Gasteiger partial charge in [-0.3, -0.25) is 19.2 Å². The van der Waals surface area contributed by atoms with Crippen molar-refractivity contribution in [3.63, 3.8) is 0 Å².